The van der Waals surface area contributed by atoms with Gasteiger partial charge in [0.15, 0.2) is 5.65 Å². The molecule has 0 radical (unpaired) electrons. The molecule has 1 saturated carbocycles. The van der Waals surface area contributed by atoms with Crippen LogP contribution in [0.2, 0.25) is 0 Å². The zero-order valence-electron chi connectivity index (χ0n) is 13.2. The van der Waals surface area contributed by atoms with Gasteiger partial charge in [0, 0.05) is 30.7 Å². The lowest BCUT2D eigenvalue weighted by molar-refractivity contribution is 0.303. The fraction of sp³-hybridized carbons (Fsp3) is 0.353. The molecule has 0 atom stereocenters. The number of hydrogen-bond donors (Lipinski definition) is 1. The third kappa shape index (κ3) is 2.97. The number of nitrogens with one attached hydrogen (secondary N) is 1. The van der Waals surface area contributed by atoms with Gasteiger partial charge in [-0.1, -0.05) is 0 Å². The molecule has 0 aliphatic heterocycles. The van der Waals surface area contributed by atoms with Gasteiger partial charge in [-0.15, -0.1) is 0 Å². The maximum Gasteiger partial charge on any atom is 0.266 e. The summed E-state index contributed by atoms with van der Waals surface area (Å²) in [5.74, 6) is 0.821. The average Bonchev–Trinajstić information content (AvgIpc) is 2.63. The Morgan fingerprint density at radius 1 is 1.00 bits per heavy atom. The molecule has 0 bridgehead atoms. The number of pyridine rings is 1. The Bertz CT molecular complexity index is 900. The van der Waals surface area contributed by atoms with E-state index in [1.165, 1.54) is 0 Å². The second-order valence-electron chi connectivity index (χ2n) is 6.05. The van der Waals surface area contributed by atoms with Crippen LogP contribution in [0.3, 0.4) is 0 Å². The predicted octanol–water partition coefficient (Wildman–Crippen LogP) is 2.18. The summed E-state index contributed by atoms with van der Waals surface area (Å²) in [5, 5.41) is 7.67. The van der Waals surface area contributed by atoms with Crippen LogP contribution in [0.1, 0.15) is 31.7 Å². The smallest absolute Gasteiger partial charge is 0.266 e. The van der Waals surface area contributed by atoms with Crippen molar-refractivity contribution in [1.82, 2.24) is 24.7 Å². The molecule has 0 amide bonds. The first-order valence-corrected chi connectivity index (χ1v) is 8.18. The van der Waals surface area contributed by atoms with Crippen LogP contribution in [0.25, 0.3) is 11.2 Å². The fourth-order valence-electron chi connectivity index (χ4n) is 3.25. The average molecular weight is 322 g/mol. The third-order valence-corrected chi connectivity index (χ3v) is 4.47. The lowest BCUT2D eigenvalue weighted by atomic mass is 9.91. The van der Waals surface area contributed by atoms with Crippen LogP contribution >= 0.6 is 0 Å². The normalized spacial score (nSPS) is 20.8. The van der Waals surface area contributed by atoms with E-state index in [0.29, 0.717) is 11.7 Å². The monoisotopic (exact) mass is 322 g/mol. The molecule has 1 fully saturated rings. The number of nitrogens with zero attached hydrogens (tertiary/aromatic N) is 5. The molecule has 3 aromatic heterocycles. The van der Waals surface area contributed by atoms with E-state index in [9.17, 15) is 4.79 Å². The molecule has 0 aromatic carbocycles. The van der Waals surface area contributed by atoms with Crippen molar-refractivity contribution in [3.05, 3.63) is 53.2 Å². The van der Waals surface area contributed by atoms with Crippen LogP contribution in [0, 0.1) is 0 Å². The number of rotatable bonds is 3. The van der Waals surface area contributed by atoms with E-state index in [1.54, 1.807) is 35.4 Å². The zero-order valence-corrected chi connectivity index (χ0v) is 13.2. The molecule has 3 heterocycles. The molecule has 7 nitrogen and oxygen atoms in total. The Balaban J connectivity index is 1.42. The highest BCUT2D eigenvalue weighted by atomic mass is 16.1. The van der Waals surface area contributed by atoms with Crippen LogP contribution in [0.15, 0.2) is 47.7 Å². The van der Waals surface area contributed by atoms with Crippen LogP contribution in [-0.2, 0) is 0 Å². The van der Waals surface area contributed by atoms with Crippen LogP contribution < -0.4 is 10.9 Å². The largest absolute Gasteiger partial charge is 0.367 e. The highest BCUT2D eigenvalue weighted by Gasteiger charge is 2.23. The van der Waals surface area contributed by atoms with E-state index >= 15 is 0 Å². The minimum absolute atomic E-state index is 0.0244. The van der Waals surface area contributed by atoms with Crippen LogP contribution in [0.4, 0.5) is 5.82 Å². The van der Waals surface area contributed by atoms with E-state index in [2.05, 4.69) is 25.4 Å². The van der Waals surface area contributed by atoms with Gasteiger partial charge >= 0.3 is 0 Å². The van der Waals surface area contributed by atoms with Crippen molar-refractivity contribution in [2.45, 2.75) is 37.8 Å². The minimum Gasteiger partial charge on any atom is -0.367 e. The maximum absolute atomic E-state index is 11.9. The fourth-order valence-corrected chi connectivity index (χ4v) is 3.25. The Hall–Kier alpha value is -2.83. The van der Waals surface area contributed by atoms with Gasteiger partial charge < -0.3 is 5.32 Å². The summed E-state index contributed by atoms with van der Waals surface area (Å²) in [6.45, 7) is 0. The first-order chi connectivity index (χ1) is 11.8. The highest BCUT2D eigenvalue weighted by molar-refractivity contribution is 5.71. The molecule has 1 aliphatic rings. The molecule has 0 unspecified atom stereocenters. The summed E-state index contributed by atoms with van der Waals surface area (Å²) in [7, 11) is 0. The number of anilines is 1. The van der Waals surface area contributed by atoms with E-state index in [1.807, 2.05) is 12.1 Å². The summed E-state index contributed by atoms with van der Waals surface area (Å²) >= 11 is 0. The Morgan fingerprint density at radius 2 is 1.83 bits per heavy atom. The molecule has 0 saturated heterocycles. The topological polar surface area (TPSA) is 85.6 Å². The van der Waals surface area contributed by atoms with Crippen LogP contribution in [-0.4, -0.2) is 30.8 Å². The van der Waals surface area contributed by atoms with Gasteiger partial charge in [-0.2, -0.15) is 5.10 Å². The molecule has 3 aromatic rings. The standard InChI is InChI=1S/C17H18N6O/c24-16-2-1-9-20-23(16)13-5-3-12(4-6-13)21-15-8-7-14-17(22-15)19-11-10-18-14/h1-2,7-13H,3-6H2,(H,19,21,22). The molecule has 122 valence electrons. The Morgan fingerprint density at radius 3 is 2.67 bits per heavy atom. The minimum atomic E-state index is -0.0244. The lowest BCUT2D eigenvalue weighted by Crippen LogP contribution is -2.33. The van der Waals surface area contributed by atoms with E-state index in [-0.39, 0.29) is 11.6 Å². The quantitative estimate of drug-likeness (QED) is 0.795. The van der Waals surface area contributed by atoms with Crippen molar-refractivity contribution in [2.24, 2.45) is 0 Å². The van der Waals surface area contributed by atoms with Crippen molar-refractivity contribution < 1.29 is 0 Å². The molecular weight excluding hydrogens is 304 g/mol. The molecule has 0 spiro atoms. The summed E-state index contributed by atoms with van der Waals surface area (Å²) in [4.78, 5) is 24.9. The van der Waals surface area contributed by atoms with Crippen molar-refractivity contribution in [1.29, 1.82) is 0 Å². The second kappa shape index (κ2) is 6.35. The number of aromatic nitrogens is 5. The number of hydrogen-bond acceptors (Lipinski definition) is 6. The van der Waals surface area contributed by atoms with E-state index in [4.69, 9.17) is 0 Å². The van der Waals surface area contributed by atoms with E-state index < -0.39 is 0 Å². The third-order valence-electron chi connectivity index (χ3n) is 4.47. The van der Waals surface area contributed by atoms with Crippen molar-refractivity contribution in [3.63, 3.8) is 0 Å². The van der Waals surface area contributed by atoms with Crippen LogP contribution in [0.5, 0.6) is 0 Å². The van der Waals surface area contributed by atoms with Gasteiger partial charge in [0.05, 0.1) is 6.04 Å². The van der Waals surface area contributed by atoms with Gasteiger partial charge in [-0.3, -0.25) is 9.78 Å². The lowest BCUT2D eigenvalue weighted by Gasteiger charge is -2.29. The molecule has 24 heavy (non-hydrogen) atoms. The maximum atomic E-state index is 11.9. The van der Waals surface area contributed by atoms with Crippen molar-refractivity contribution in [3.8, 4) is 0 Å². The number of fused-ring (bicyclic) bond motifs is 1. The summed E-state index contributed by atoms with van der Waals surface area (Å²) in [5.41, 5.74) is 1.42. The van der Waals surface area contributed by atoms with Gasteiger partial charge in [-0.25, -0.2) is 14.6 Å². The summed E-state index contributed by atoms with van der Waals surface area (Å²) in [6, 6.07) is 7.65. The van der Waals surface area contributed by atoms with Gasteiger partial charge in [0.25, 0.3) is 5.56 Å². The summed E-state index contributed by atoms with van der Waals surface area (Å²) in [6.07, 6.45) is 8.81. The zero-order chi connectivity index (χ0) is 16.4. The first kappa shape index (κ1) is 14.7. The molecule has 1 N–H and O–H groups in total. The van der Waals surface area contributed by atoms with E-state index in [0.717, 1.165) is 37.0 Å². The van der Waals surface area contributed by atoms with Gasteiger partial charge in [0.1, 0.15) is 11.3 Å². The Labute approximate surface area is 138 Å². The van der Waals surface area contributed by atoms with Gasteiger partial charge in [0.2, 0.25) is 0 Å². The first-order valence-electron chi connectivity index (χ1n) is 8.18. The summed E-state index contributed by atoms with van der Waals surface area (Å²) < 4.78 is 1.61. The molecular formula is C17H18N6O. The highest BCUT2D eigenvalue weighted by Crippen LogP contribution is 2.28. The molecule has 7 heteroatoms. The SMILES string of the molecule is O=c1cccnn1C1CCC(Nc2ccc3nccnc3n2)CC1. The van der Waals surface area contributed by atoms with Crippen molar-refractivity contribution in [2.75, 3.05) is 5.32 Å². The molecule has 1 aliphatic carbocycles. The molecule has 4 rings (SSSR count). The Kier molecular flexibility index (Phi) is 3.90. The second-order valence-corrected chi connectivity index (χ2v) is 6.05. The van der Waals surface area contributed by atoms with Crippen molar-refractivity contribution >= 4 is 17.0 Å². The predicted molar refractivity (Wildman–Crippen MR) is 90.7 cm³/mol. The van der Waals surface area contributed by atoms with Gasteiger partial charge in [-0.05, 0) is 43.9 Å².